The highest BCUT2D eigenvalue weighted by Crippen LogP contribution is 2.40. The van der Waals surface area contributed by atoms with Gasteiger partial charge in [0.15, 0.2) is 6.61 Å². The van der Waals surface area contributed by atoms with E-state index in [1.165, 1.54) is 43.4 Å². The van der Waals surface area contributed by atoms with Gasteiger partial charge in [-0.2, -0.15) is 13.2 Å². The summed E-state index contributed by atoms with van der Waals surface area (Å²) in [5, 5.41) is 0. The molecule has 0 bridgehead atoms. The number of hydrogen-bond donors (Lipinski definition) is 0. The molecular weight excluding hydrogens is 305 g/mol. The van der Waals surface area contributed by atoms with Gasteiger partial charge < -0.3 is 13.9 Å². The van der Waals surface area contributed by atoms with Gasteiger partial charge in [0.05, 0.1) is 26.7 Å². The predicted molar refractivity (Wildman–Crippen MR) is 62.1 cm³/mol. The predicted octanol–water partition coefficient (Wildman–Crippen LogP) is 2.57. The number of likely N-dealkylation sites (tertiary alicyclic amines) is 1. The summed E-state index contributed by atoms with van der Waals surface area (Å²) < 4.78 is 60.5. The summed E-state index contributed by atoms with van der Waals surface area (Å²) in [5.41, 5.74) is 0. The minimum Gasteiger partial charge on any atom is -0.754 e. The molecule has 0 aromatic heterocycles. The molecule has 1 aliphatic rings. The van der Waals surface area contributed by atoms with Crippen molar-refractivity contribution in [1.29, 1.82) is 0 Å². The van der Waals surface area contributed by atoms with Crippen LogP contribution in [0.3, 0.4) is 0 Å². The second-order valence-electron chi connectivity index (χ2n) is 4.90. The van der Waals surface area contributed by atoms with Gasteiger partial charge in [0.2, 0.25) is 0 Å². The number of halogens is 4. The normalized spacial score (nSPS) is 20.9. The zero-order valence-corrected chi connectivity index (χ0v) is 12.4. The van der Waals surface area contributed by atoms with Gasteiger partial charge in [0.25, 0.3) is 0 Å². The van der Waals surface area contributed by atoms with Crippen molar-refractivity contribution in [3.63, 3.8) is 0 Å². The van der Waals surface area contributed by atoms with Crippen molar-refractivity contribution in [2.24, 2.45) is 0 Å². The third kappa shape index (κ3) is 9.66. The Morgan fingerprint density at radius 1 is 1.30 bits per heavy atom. The van der Waals surface area contributed by atoms with E-state index in [0.717, 1.165) is 0 Å². The quantitative estimate of drug-likeness (QED) is 0.443. The SMILES string of the molecule is CCC[N+]1(C)CCCC1.O=P([O-])(OF)OCC(F)(F)F. The Labute approximate surface area is 115 Å². The van der Waals surface area contributed by atoms with Gasteiger partial charge >= 0.3 is 14.0 Å². The lowest BCUT2D eigenvalue weighted by Crippen LogP contribution is -2.41. The Morgan fingerprint density at radius 3 is 2.15 bits per heavy atom. The fourth-order valence-corrected chi connectivity index (χ4v) is 2.38. The fourth-order valence-electron chi connectivity index (χ4n) is 2.03. The van der Waals surface area contributed by atoms with Crippen LogP contribution in [0.1, 0.15) is 26.2 Å². The molecular formula is C10H20F4NO4P. The summed E-state index contributed by atoms with van der Waals surface area (Å²) in [5.74, 6) is 0. The third-order valence-electron chi connectivity index (χ3n) is 2.88. The van der Waals surface area contributed by atoms with Crippen molar-refractivity contribution in [3.05, 3.63) is 0 Å². The highest BCUT2D eigenvalue weighted by Gasteiger charge is 2.30. The average Bonchev–Trinajstić information content (AvgIpc) is 2.74. The summed E-state index contributed by atoms with van der Waals surface area (Å²) >= 11 is 0. The van der Waals surface area contributed by atoms with E-state index in [1.807, 2.05) is 0 Å². The van der Waals surface area contributed by atoms with Gasteiger partial charge in [-0.3, -0.25) is 4.57 Å². The van der Waals surface area contributed by atoms with E-state index < -0.39 is 20.6 Å². The first-order valence-electron chi connectivity index (χ1n) is 6.20. The lowest BCUT2D eigenvalue weighted by molar-refractivity contribution is -0.897. The van der Waals surface area contributed by atoms with Crippen LogP contribution in [0.15, 0.2) is 0 Å². The lowest BCUT2D eigenvalue weighted by Gasteiger charge is -2.28. The second-order valence-corrected chi connectivity index (χ2v) is 6.19. The van der Waals surface area contributed by atoms with Crippen molar-refractivity contribution in [2.75, 3.05) is 33.3 Å². The molecule has 0 radical (unpaired) electrons. The van der Waals surface area contributed by atoms with Crippen molar-refractivity contribution in [2.45, 2.75) is 32.4 Å². The molecule has 0 aromatic carbocycles. The fraction of sp³-hybridized carbons (Fsp3) is 1.00. The number of hydrogen-bond acceptors (Lipinski definition) is 4. The van der Waals surface area contributed by atoms with Crippen LogP contribution < -0.4 is 4.89 Å². The summed E-state index contributed by atoms with van der Waals surface area (Å²) in [4.78, 5) is 9.75. The Kier molecular flexibility index (Phi) is 8.20. The highest BCUT2D eigenvalue weighted by molar-refractivity contribution is 7.45. The number of phosphoric ester groups is 1. The molecule has 1 aliphatic heterocycles. The van der Waals surface area contributed by atoms with Crippen LogP contribution in [0, 0.1) is 0 Å². The summed E-state index contributed by atoms with van der Waals surface area (Å²) in [7, 11) is -3.02. The number of rotatable bonds is 5. The second kappa shape index (κ2) is 8.29. The Balaban J connectivity index is 0.000000367. The molecule has 20 heavy (non-hydrogen) atoms. The Morgan fingerprint density at radius 2 is 1.80 bits per heavy atom. The molecule has 0 spiro atoms. The van der Waals surface area contributed by atoms with Crippen LogP contribution in [0.25, 0.3) is 0 Å². The number of nitrogens with zero attached hydrogens (tertiary/aromatic N) is 1. The number of quaternary nitrogens is 1. The van der Waals surface area contributed by atoms with Crippen LogP contribution in [-0.2, 0) is 13.8 Å². The van der Waals surface area contributed by atoms with Gasteiger partial charge in [-0.25, -0.2) is 0 Å². The van der Waals surface area contributed by atoms with Crippen molar-refractivity contribution >= 4 is 7.82 Å². The first kappa shape index (κ1) is 19.8. The number of phosphoric acid groups is 1. The van der Waals surface area contributed by atoms with Gasteiger partial charge in [-0.05, 0) is 10.9 Å². The first-order chi connectivity index (χ1) is 9.04. The van der Waals surface area contributed by atoms with Crippen LogP contribution >= 0.6 is 7.82 Å². The van der Waals surface area contributed by atoms with E-state index in [4.69, 9.17) is 0 Å². The lowest BCUT2D eigenvalue weighted by atomic mass is 10.4. The summed E-state index contributed by atoms with van der Waals surface area (Å²) in [6.45, 7) is 4.42. The van der Waals surface area contributed by atoms with E-state index in [1.54, 1.807) is 0 Å². The van der Waals surface area contributed by atoms with Gasteiger partial charge in [-0.1, -0.05) is 6.92 Å². The molecule has 1 saturated heterocycles. The zero-order chi connectivity index (χ0) is 15.9. The zero-order valence-electron chi connectivity index (χ0n) is 11.5. The van der Waals surface area contributed by atoms with Gasteiger partial charge in [0, 0.05) is 12.8 Å². The first-order valence-corrected chi connectivity index (χ1v) is 7.66. The maximum atomic E-state index is 11.2. The van der Waals surface area contributed by atoms with E-state index in [-0.39, 0.29) is 0 Å². The molecule has 1 fully saturated rings. The van der Waals surface area contributed by atoms with E-state index in [2.05, 4.69) is 23.2 Å². The molecule has 0 aromatic rings. The molecule has 122 valence electrons. The van der Waals surface area contributed by atoms with E-state index in [0.29, 0.717) is 0 Å². The molecule has 0 saturated carbocycles. The standard InChI is InChI=1S/C8H18N.C2H3F4O4P/c1-3-6-9(2)7-4-5-8-9;3-2(4,5)1-9-11(7,8)10-6/h3-8H2,1-2H3;1H2,(H,7,8)/q+1;/p-1. The van der Waals surface area contributed by atoms with Crippen molar-refractivity contribution in [1.82, 2.24) is 0 Å². The average molecular weight is 325 g/mol. The molecule has 1 atom stereocenters. The van der Waals surface area contributed by atoms with Gasteiger partial charge in [-0.15, -0.1) is 4.73 Å². The summed E-state index contributed by atoms with van der Waals surface area (Å²) in [6.07, 6.45) is -0.581. The van der Waals surface area contributed by atoms with Crippen LogP contribution in [0.2, 0.25) is 0 Å². The maximum Gasteiger partial charge on any atom is 0.412 e. The van der Waals surface area contributed by atoms with Gasteiger partial charge in [0.1, 0.15) is 0 Å². The number of alkyl halides is 3. The maximum absolute atomic E-state index is 11.2. The van der Waals surface area contributed by atoms with Crippen LogP contribution in [0.5, 0.6) is 0 Å². The molecule has 1 unspecified atom stereocenters. The van der Waals surface area contributed by atoms with Crippen LogP contribution in [-0.4, -0.2) is 43.9 Å². The third-order valence-corrected chi connectivity index (χ3v) is 3.49. The molecule has 1 rings (SSSR count). The Hall–Kier alpha value is -0.210. The van der Waals surface area contributed by atoms with Crippen molar-refractivity contribution < 1.29 is 40.9 Å². The monoisotopic (exact) mass is 325 g/mol. The molecule has 0 N–H and O–H groups in total. The molecule has 0 aliphatic carbocycles. The largest absolute Gasteiger partial charge is 0.754 e. The molecule has 10 heteroatoms. The highest BCUT2D eigenvalue weighted by atomic mass is 31.2. The minimum atomic E-state index is -5.41. The van der Waals surface area contributed by atoms with E-state index in [9.17, 15) is 27.2 Å². The smallest absolute Gasteiger partial charge is 0.412 e. The Bertz CT molecular complexity index is 321. The molecule has 0 amide bonds. The topological polar surface area (TPSA) is 58.6 Å². The minimum absolute atomic E-state index is 1.34. The molecule has 1 heterocycles. The van der Waals surface area contributed by atoms with Crippen LogP contribution in [0.4, 0.5) is 17.7 Å². The van der Waals surface area contributed by atoms with E-state index >= 15 is 0 Å². The summed E-state index contributed by atoms with van der Waals surface area (Å²) in [6, 6.07) is 0. The van der Waals surface area contributed by atoms with Crippen molar-refractivity contribution in [3.8, 4) is 0 Å². The molecule has 5 nitrogen and oxygen atoms in total.